The third kappa shape index (κ3) is 6.79. The number of piperazine rings is 1. The van der Waals surface area contributed by atoms with Gasteiger partial charge in [-0.15, -0.1) is 13.2 Å². The Labute approximate surface area is 222 Å². The summed E-state index contributed by atoms with van der Waals surface area (Å²) in [4.78, 5) is 28.4. The van der Waals surface area contributed by atoms with Crippen molar-refractivity contribution in [2.45, 2.75) is 24.7 Å². The maximum absolute atomic E-state index is 13.5. The van der Waals surface area contributed by atoms with Gasteiger partial charge in [-0.1, -0.05) is 18.5 Å². The minimum Gasteiger partial charge on any atom is -0.465 e. The molecule has 38 heavy (non-hydrogen) atoms. The van der Waals surface area contributed by atoms with Gasteiger partial charge in [-0.3, -0.25) is 9.69 Å². The van der Waals surface area contributed by atoms with Crippen LogP contribution in [0.2, 0.25) is 5.02 Å². The first-order chi connectivity index (χ1) is 17.6. The lowest BCUT2D eigenvalue weighted by Gasteiger charge is -2.33. The molecule has 3 rings (SSSR count). The van der Waals surface area contributed by atoms with Crippen molar-refractivity contribution in [3.63, 3.8) is 0 Å². The normalized spacial score (nSPS) is 14.8. The fraction of sp³-hybridized carbons (Fsp3) is 0.391. The van der Waals surface area contributed by atoms with Crippen molar-refractivity contribution in [3.8, 4) is 5.75 Å². The number of hydrogen-bond donors (Lipinski definition) is 2. The molecule has 0 aliphatic carbocycles. The highest BCUT2D eigenvalue weighted by Gasteiger charge is 2.33. The number of nitrogen functional groups attached to an aromatic ring is 1. The van der Waals surface area contributed by atoms with Crippen molar-refractivity contribution in [2.24, 2.45) is 0 Å². The maximum atomic E-state index is 13.5. The molecule has 2 aromatic carbocycles. The number of rotatable bonds is 7. The smallest absolute Gasteiger partial charge is 0.465 e. The van der Waals surface area contributed by atoms with Crippen LogP contribution in [0.3, 0.4) is 0 Å². The molecule has 15 heteroatoms. The number of anilines is 2. The molecule has 2 amide bonds. The Morgan fingerprint density at radius 3 is 2.34 bits per heavy atom. The number of carboxylic acid groups (broad SMARTS) is 1. The Morgan fingerprint density at radius 1 is 1.16 bits per heavy atom. The Hall–Kier alpha value is -3.23. The van der Waals surface area contributed by atoms with Crippen molar-refractivity contribution >= 4 is 44.8 Å². The molecule has 208 valence electrons. The highest BCUT2D eigenvalue weighted by Crippen LogP contribution is 2.34. The number of carbonyl (C=O) groups is 2. The molecule has 0 spiro atoms. The van der Waals surface area contributed by atoms with E-state index in [4.69, 9.17) is 22.4 Å². The van der Waals surface area contributed by atoms with Gasteiger partial charge in [-0.05, 0) is 35.9 Å². The van der Waals surface area contributed by atoms with Gasteiger partial charge in [-0.2, -0.15) is 0 Å². The summed E-state index contributed by atoms with van der Waals surface area (Å²) in [7, 11) is -2.54. The van der Waals surface area contributed by atoms with E-state index < -0.39 is 33.9 Å². The number of carbonyl (C=O) groups excluding carboxylic acids is 1. The van der Waals surface area contributed by atoms with E-state index in [0.29, 0.717) is 13.1 Å². The summed E-state index contributed by atoms with van der Waals surface area (Å²) >= 11 is 6.05. The first-order valence-corrected chi connectivity index (χ1v) is 13.3. The van der Waals surface area contributed by atoms with Gasteiger partial charge in [-0.25, -0.2) is 13.2 Å². The second-order valence-electron chi connectivity index (χ2n) is 8.52. The van der Waals surface area contributed by atoms with Crippen molar-refractivity contribution < 1.29 is 41.0 Å². The quantitative estimate of drug-likeness (QED) is 0.475. The van der Waals surface area contributed by atoms with Crippen LogP contribution in [0.25, 0.3) is 0 Å². The average Bonchev–Trinajstić information content (AvgIpc) is 2.84. The van der Waals surface area contributed by atoms with Crippen molar-refractivity contribution in [1.29, 1.82) is 0 Å². The van der Waals surface area contributed by atoms with Crippen LogP contribution >= 0.6 is 11.6 Å². The molecule has 0 aromatic heterocycles. The number of nitrogens with two attached hydrogens (primary N) is 1. The van der Waals surface area contributed by atoms with E-state index in [1.807, 2.05) is 0 Å². The van der Waals surface area contributed by atoms with Gasteiger partial charge in [0.1, 0.15) is 5.75 Å². The Bertz CT molecular complexity index is 1330. The van der Waals surface area contributed by atoms with Crippen LogP contribution in [-0.2, 0) is 16.4 Å². The monoisotopic (exact) mass is 578 g/mol. The molecule has 1 fully saturated rings. The van der Waals surface area contributed by atoms with Gasteiger partial charge in [0.05, 0.1) is 21.9 Å². The second kappa shape index (κ2) is 11.3. The van der Waals surface area contributed by atoms with Gasteiger partial charge in [0.25, 0.3) is 5.91 Å². The molecule has 0 radical (unpaired) electrons. The van der Waals surface area contributed by atoms with E-state index in [-0.39, 0.29) is 57.8 Å². The summed E-state index contributed by atoms with van der Waals surface area (Å²) in [6.45, 7) is 2.40. The number of ether oxygens (including phenoxy) is 1. The summed E-state index contributed by atoms with van der Waals surface area (Å²) in [5, 5.41) is 9.26. The molecule has 1 aliphatic heterocycles. The largest absolute Gasteiger partial charge is 0.573 e. The summed E-state index contributed by atoms with van der Waals surface area (Å²) in [5.41, 5.74) is 5.86. The number of halogens is 4. The highest BCUT2D eigenvalue weighted by molar-refractivity contribution is 7.91. The second-order valence-corrected chi connectivity index (χ2v) is 11.2. The lowest BCUT2D eigenvalue weighted by Crippen LogP contribution is -2.47. The maximum Gasteiger partial charge on any atom is 0.573 e. The molecule has 2 aromatic rings. The molecule has 1 aliphatic rings. The van der Waals surface area contributed by atoms with Gasteiger partial charge in [0, 0.05) is 50.5 Å². The zero-order chi connectivity index (χ0) is 28.4. The number of alkyl halides is 3. The van der Waals surface area contributed by atoms with Gasteiger partial charge in [0.2, 0.25) is 0 Å². The molecular weight excluding hydrogens is 553 g/mol. The fourth-order valence-corrected chi connectivity index (χ4v) is 5.25. The molecule has 0 atom stereocenters. The van der Waals surface area contributed by atoms with E-state index in [9.17, 15) is 31.2 Å². The van der Waals surface area contributed by atoms with Crippen LogP contribution in [0.15, 0.2) is 35.2 Å². The molecule has 0 saturated carbocycles. The summed E-state index contributed by atoms with van der Waals surface area (Å²) in [6.07, 6.45) is -6.13. The molecule has 0 unspecified atom stereocenters. The molecular formula is C23H26ClF3N4O6S. The molecule has 1 heterocycles. The lowest BCUT2D eigenvalue weighted by atomic mass is 10.0. The van der Waals surface area contributed by atoms with Crippen LogP contribution in [0.5, 0.6) is 5.75 Å². The van der Waals surface area contributed by atoms with Crippen molar-refractivity contribution in [3.05, 3.63) is 46.5 Å². The van der Waals surface area contributed by atoms with Gasteiger partial charge in [0.15, 0.2) is 9.84 Å². The third-order valence-electron chi connectivity index (χ3n) is 6.04. The molecule has 1 saturated heterocycles. The van der Waals surface area contributed by atoms with Crippen LogP contribution < -0.4 is 15.4 Å². The molecule has 10 nitrogen and oxygen atoms in total. The number of benzene rings is 2. The van der Waals surface area contributed by atoms with Crippen molar-refractivity contribution in [1.82, 2.24) is 9.80 Å². The number of amides is 2. The minimum atomic E-state index is -5.05. The zero-order valence-electron chi connectivity index (χ0n) is 20.5. The van der Waals surface area contributed by atoms with Gasteiger partial charge < -0.3 is 25.4 Å². The number of nitrogens with zero attached hydrogens (tertiary/aromatic N) is 3. The number of sulfone groups is 1. The predicted octanol–water partition coefficient (Wildman–Crippen LogP) is 3.69. The summed E-state index contributed by atoms with van der Waals surface area (Å²) in [6, 6.07) is 5.76. The Kier molecular flexibility index (Phi) is 8.68. The summed E-state index contributed by atoms with van der Waals surface area (Å²) < 4.78 is 68.5. The average molecular weight is 579 g/mol. The molecule has 3 N–H and O–H groups in total. The van der Waals surface area contributed by atoms with Crippen LogP contribution in [0, 0.1) is 0 Å². The topological polar surface area (TPSA) is 133 Å². The number of hydrogen-bond acceptors (Lipinski definition) is 7. The first kappa shape index (κ1) is 29.3. The van der Waals surface area contributed by atoms with E-state index in [1.165, 1.54) is 37.1 Å². The third-order valence-corrected chi connectivity index (χ3v) is 8.05. The predicted molar refractivity (Wildman–Crippen MR) is 134 cm³/mol. The van der Waals surface area contributed by atoms with E-state index in [2.05, 4.69) is 4.74 Å². The standard InChI is InChI=1S/C23H26ClF3N4O6S/c1-3-38(35,36)19-5-4-15(24)11-18(19)29(2)21(32)17-12-16(37-23(25,26)27)10-14(20(17)28)13-30-6-8-31(9-7-30)22(33)34/h4-5,10-12H,3,6-9,13,28H2,1-2H3,(H,33,34). The minimum absolute atomic E-state index is 0.0188. The SMILES string of the molecule is CCS(=O)(=O)c1ccc(Cl)cc1N(C)C(=O)c1cc(OC(F)(F)F)cc(CN2CCN(C(=O)O)CC2)c1N. The first-order valence-electron chi connectivity index (χ1n) is 11.3. The zero-order valence-corrected chi connectivity index (χ0v) is 22.0. The van der Waals surface area contributed by atoms with E-state index in [0.717, 1.165) is 17.0 Å². The van der Waals surface area contributed by atoms with E-state index in [1.54, 1.807) is 4.90 Å². The Morgan fingerprint density at radius 2 is 1.79 bits per heavy atom. The summed E-state index contributed by atoms with van der Waals surface area (Å²) in [5.74, 6) is -1.84. The molecule has 0 bridgehead atoms. The van der Waals surface area contributed by atoms with Crippen LogP contribution in [0.1, 0.15) is 22.8 Å². The van der Waals surface area contributed by atoms with Crippen LogP contribution in [0.4, 0.5) is 29.3 Å². The highest BCUT2D eigenvalue weighted by atomic mass is 35.5. The van der Waals surface area contributed by atoms with Gasteiger partial charge >= 0.3 is 12.5 Å². The lowest BCUT2D eigenvalue weighted by molar-refractivity contribution is -0.274. The van der Waals surface area contributed by atoms with E-state index >= 15 is 0 Å². The van der Waals surface area contributed by atoms with Crippen LogP contribution in [-0.4, -0.2) is 80.7 Å². The fourth-order valence-electron chi connectivity index (χ4n) is 3.98. The Balaban J connectivity index is 2.02. The van der Waals surface area contributed by atoms with Crippen molar-refractivity contribution in [2.75, 3.05) is 49.6 Å².